The van der Waals surface area contributed by atoms with Crippen molar-refractivity contribution in [3.8, 4) is 5.75 Å². The average Bonchev–Trinajstić information content (AvgIpc) is 2.94. The van der Waals surface area contributed by atoms with Crippen LogP contribution >= 0.6 is 0 Å². The first-order valence-electron chi connectivity index (χ1n) is 9.23. The molecule has 2 amide bonds. The Kier molecular flexibility index (Phi) is 5.54. The Bertz CT molecular complexity index is 848. The third-order valence-electron chi connectivity index (χ3n) is 5.46. The smallest absolute Gasteiger partial charge is 0.254 e. The maximum absolute atomic E-state index is 12.7. The summed E-state index contributed by atoms with van der Waals surface area (Å²) in [5.41, 5.74) is 3.98. The van der Waals surface area contributed by atoms with E-state index in [1.54, 1.807) is 24.1 Å². The standard InChI is InChI=1S/C21H27N3O3/c1-15-12-18(16(2)22(15)3)14-20(25)23-8-10-24(11-9-23)21(26)17-6-5-7-19(13-17)27-4/h5-7,12-13H,8-11,14H2,1-4H3. The quantitative estimate of drug-likeness (QED) is 0.830. The van der Waals surface area contributed by atoms with Crippen LogP contribution in [0.25, 0.3) is 0 Å². The first-order valence-corrected chi connectivity index (χ1v) is 9.23. The van der Waals surface area contributed by atoms with Gasteiger partial charge in [0.25, 0.3) is 5.91 Å². The molecule has 2 aromatic rings. The van der Waals surface area contributed by atoms with E-state index in [2.05, 4.69) is 10.6 Å². The minimum atomic E-state index is -0.0180. The number of hydrogen-bond donors (Lipinski definition) is 0. The zero-order valence-electron chi connectivity index (χ0n) is 16.5. The number of ether oxygens (including phenoxy) is 1. The van der Waals surface area contributed by atoms with Gasteiger partial charge in [-0.05, 0) is 43.7 Å². The van der Waals surface area contributed by atoms with E-state index in [1.807, 2.05) is 37.9 Å². The van der Waals surface area contributed by atoms with Crippen LogP contribution in [0.4, 0.5) is 0 Å². The molecule has 0 spiro atoms. The van der Waals surface area contributed by atoms with Gasteiger partial charge in [0.2, 0.25) is 5.91 Å². The van der Waals surface area contributed by atoms with Crippen LogP contribution in [0, 0.1) is 13.8 Å². The Hall–Kier alpha value is -2.76. The molecular formula is C21H27N3O3. The van der Waals surface area contributed by atoms with Gasteiger partial charge in [0, 0.05) is 50.2 Å². The number of piperazine rings is 1. The number of aromatic nitrogens is 1. The molecule has 1 aliphatic rings. The molecule has 27 heavy (non-hydrogen) atoms. The second-order valence-corrected chi connectivity index (χ2v) is 7.04. The lowest BCUT2D eigenvalue weighted by Crippen LogP contribution is -2.51. The zero-order valence-corrected chi connectivity index (χ0v) is 16.5. The fourth-order valence-corrected chi connectivity index (χ4v) is 3.48. The molecule has 2 heterocycles. The Morgan fingerprint density at radius 1 is 1.04 bits per heavy atom. The predicted octanol–water partition coefficient (Wildman–Crippen LogP) is 2.18. The Balaban J connectivity index is 1.58. The van der Waals surface area contributed by atoms with E-state index in [4.69, 9.17) is 4.74 Å². The number of carbonyl (C=O) groups is 2. The molecule has 0 aliphatic carbocycles. The van der Waals surface area contributed by atoms with E-state index in [9.17, 15) is 9.59 Å². The Morgan fingerprint density at radius 2 is 1.70 bits per heavy atom. The summed E-state index contributed by atoms with van der Waals surface area (Å²) in [4.78, 5) is 29.0. The van der Waals surface area contributed by atoms with E-state index in [-0.39, 0.29) is 11.8 Å². The maximum atomic E-state index is 12.7. The molecule has 0 N–H and O–H groups in total. The Morgan fingerprint density at radius 3 is 2.30 bits per heavy atom. The van der Waals surface area contributed by atoms with Crippen LogP contribution in [0.3, 0.4) is 0 Å². The molecule has 1 aromatic heterocycles. The van der Waals surface area contributed by atoms with Crippen LogP contribution in [0.5, 0.6) is 5.75 Å². The monoisotopic (exact) mass is 369 g/mol. The molecule has 6 nitrogen and oxygen atoms in total. The van der Waals surface area contributed by atoms with E-state index in [1.165, 1.54) is 0 Å². The maximum Gasteiger partial charge on any atom is 0.254 e. The molecule has 6 heteroatoms. The summed E-state index contributed by atoms with van der Waals surface area (Å²) in [5, 5.41) is 0. The molecular weight excluding hydrogens is 342 g/mol. The minimum absolute atomic E-state index is 0.0180. The molecule has 1 aliphatic heterocycles. The van der Waals surface area contributed by atoms with Crippen LogP contribution in [0.2, 0.25) is 0 Å². The topological polar surface area (TPSA) is 54.8 Å². The largest absolute Gasteiger partial charge is 0.497 e. The van der Waals surface area contributed by atoms with Crippen molar-refractivity contribution < 1.29 is 14.3 Å². The fourth-order valence-electron chi connectivity index (χ4n) is 3.48. The van der Waals surface area contributed by atoms with Crippen LogP contribution in [-0.2, 0) is 18.3 Å². The van der Waals surface area contributed by atoms with Gasteiger partial charge in [-0.3, -0.25) is 9.59 Å². The molecule has 3 rings (SSSR count). The summed E-state index contributed by atoms with van der Waals surface area (Å²) in [6.07, 6.45) is 0.414. The fraction of sp³-hybridized carbons (Fsp3) is 0.429. The summed E-state index contributed by atoms with van der Waals surface area (Å²) in [5.74, 6) is 0.774. The van der Waals surface area contributed by atoms with Crippen LogP contribution < -0.4 is 4.74 Å². The van der Waals surface area contributed by atoms with Gasteiger partial charge >= 0.3 is 0 Å². The molecule has 0 radical (unpaired) electrons. The normalized spacial score (nSPS) is 14.4. The van der Waals surface area contributed by atoms with Gasteiger partial charge < -0.3 is 19.1 Å². The van der Waals surface area contributed by atoms with Gasteiger partial charge in [-0.1, -0.05) is 6.07 Å². The predicted molar refractivity (Wildman–Crippen MR) is 104 cm³/mol. The van der Waals surface area contributed by atoms with Crippen molar-refractivity contribution in [1.82, 2.24) is 14.4 Å². The summed E-state index contributed by atoms with van der Waals surface area (Å²) in [6.45, 7) is 6.33. The first kappa shape index (κ1) is 19.0. The number of carbonyl (C=O) groups excluding carboxylic acids is 2. The summed E-state index contributed by atoms with van der Waals surface area (Å²) >= 11 is 0. The van der Waals surface area contributed by atoms with E-state index < -0.39 is 0 Å². The first-order chi connectivity index (χ1) is 12.9. The van der Waals surface area contributed by atoms with Crippen molar-refractivity contribution in [2.45, 2.75) is 20.3 Å². The lowest BCUT2D eigenvalue weighted by atomic mass is 10.1. The highest BCUT2D eigenvalue weighted by Gasteiger charge is 2.25. The third-order valence-corrected chi connectivity index (χ3v) is 5.46. The number of nitrogens with zero attached hydrogens (tertiary/aromatic N) is 3. The zero-order chi connectivity index (χ0) is 19.6. The SMILES string of the molecule is COc1cccc(C(=O)N2CCN(C(=O)Cc3cc(C)n(C)c3C)CC2)c1. The van der Waals surface area contributed by atoms with E-state index in [0.29, 0.717) is 43.9 Å². The molecule has 1 saturated heterocycles. The van der Waals surface area contributed by atoms with Gasteiger partial charge in [-0.2, -0.15) is 0 Å². The second-order valence-electron chi connectivity index (χ2n) is 7.04. The number of rotatable bonds is 4. The highest BCUT2D eigenvalue weighted by Crippen LogP contribution is 2.17. The summed E-state index contributed by atoms with van der Waals surface area (Å²) < 4.78 is 7.30. The molecule has 0 atom stereocenters. The molecule has 1 fully saturated rings. The van der Waals surface area contributed by atoms with Crippen molar-refractivity contribution in [1.29, 1.82) is 0 Å². The van der Waals surface area contributed by atoms with Crippen LogP contribution in [0.15, 0.2) is 30.3 Å². The number of amides is 2. The highest BCUT2D eigenvalue weighted by atomic mass is 16.5. The van der Waals surface area contributed by atoms with E-state index in [0.717, 1.165) is 17.0 Å². The van der Waals surface area contributed by atoms with Gasteiger partial charge in [-0.25, -0.2) is 0 Å². The van der Waals surface area contributed by atoms with Gasteiger partial charge in [0.1, 0.15) is 5.75 Å². The summed E-state index contributed by atoms with van der Waals surface area (Å²) in [7, 11) is 3.60. The second kappa shape index (κ2) is 7.86. The lowest BCUT2D eigenvalue weighted by molar-refractivity contribution is -0.131. The number of hydrogen-bond acceptors (Lipinski definition) is 3. The van der Waals surface area contributed by atoms with Gasteiger partial charge in [0.05, 0.1) is 13.5 Å². The van der Waals surface area contributed by atoms with Crippen molar-refractivity contribution in [3.63, 3.8) is 0 Å². The van der Waals surface area contributed by atoms with Crippen LogP contribution in [0.1, 0.15) is 27.3 Å². The average molecular weight is 369 g/mol. The number of methoxy groups -OCH3 is 1. The van der Waals surface area contributed by atoms with E-state index >= 15 is 0 Å². The minimum Gasteiger partial charge on any atom is -0.497 e. The van der Waals surface area contributed by atoms with Crippen molar-refractivity contribution >= 4 is 11.8 Å². The van der Waals surface area contributed by atoms with Crippen molar-refractivity contribution in [3.05, 3.63) is 52.8 Å². The van der Waals surface area contributed by atoms with Crippen LogP contribution in [-0.4, -0.2) is 59.5 Å². The van der Waals surface area contributed by atoms with Crippen molar-refractivity contribution in [2.75, 3.05) is 33.3 Å². The molecule has 0 saturated carbocycles. The molecule has 0 bridgehead atoms. The lowest BCUT2D eigenvalue weighted by Gasteiger charge is -2.35. The number of benzene rings is 1. The molecule has 144 valence electrons. The van der Waals surface area contributed by atoms with Gasteiger partial charge in [0.15, 0.2) is 0 Å². The van der Waals surface area contributed by atoms with Crippen molar-refractivity contribution in [2.24, 2.45) is 7.05 Å². The molecule has 0 unspecified atom stereocenters. The number of aryl methyl sites for hydroxylation is 1. The van der Waals surface area contributed by atoms with Gasteiger partial charge in [-0.15, -0.1) is 0 Å². The summed E-state index contributed by atoms with van der Waals surface area (Å²) in [6, 6.07) is 9.26. The Labute approximate surface area is 160 Å². The third kappa shape index (κ3) is 3.99. The highest BCUT2D eigenvalue weighted by molar-refractivity contribution is 5.94. The molecule has 1 aromatic carbocycles.